The minimum Gasteiger partial charge on any atom is -0.463 e. The van der Waals surface area contributed by atoms with Crippen LogP contribution in [0.25, 0.3) is 0 Å². The quantitative estimate of drug-likeness (QED) is 0.849. The highest BCUT2D eigenvalue weighted by Gasteiger charge is 2.22. The fraction of sp³-hybridized carbons (Fsp3) is 0.412. The van der Waals surface area contributed by atoms with E-state index >= 15 is 0 Å². The monoisotopic (exact) mass is 303 g/mol. The van der Waals surface area contributed by atoms with E-state index in [4.69, 9.17) is 9.47 Å². The number of rotatable bonds is 5. The van der Waals surface area contributed by atoms with Crippen molar-refractivity contribution in [3.8, 4) is 0 Å². The molecule has 0 heterocycles. The SMILES string of the molecule is CCOC(=O)C1=CCCC(NC(=O)OCc2ccccc2)C1. The summed E-state index contributed by atoms with van der Waals surface area (Å²) in [5, 5.41) is 2.81. The Bertz CT molecular complexity index is 539. The predicted octanol–water partition coefficient (Wildman–Crippen LogP) is 2.95. The van der Waals surface area contributed by atoms with Crippen molar-refractivity contribution >= 4 is 12.1 Å². The topological polar surface area (TPSA) is 64.6 Å². The average molecular weight is 303 g/mol. The normalized spacial score (nSPS) is 17.3. The third kappa shape index (κ3) is 4.91. The number of hydrogen-bond donors (Lipinski definition) is 1. The van der Waals surface area contributed by atoms with Gasteiger partial charge < -0.3 is 14.8 Å². The van der Waals surface area contributed by atoms with Crippen LogP contribution in [-0.4, -0.2) is 24.7 Å². The number of amides is 1. The molecule has 1 aliphatic carbocycles. The van der Waals surface area contributed by atoms with Gasteiger partial charge in [0.2, 0.25) is 0 Å². The van der Waals surface area contributed by atoms with E-state index in [1.807, 2.05) is 36.4 Å². The molecule has 2 rings (SSSR count). The number of allylic oxidation sites excluding steroid dienone is 1. The van der Waals surface area contributed by atoms with Crippen LogP contribution in [0.2, 0.25) is 0 Å². The summed E-state index contributed by atoms with van der Waals surface area (Å²) in [6, 6.07) is 9.41. The standard InChI is InChI=1S/C17H21NO4/c1-2-21-16(19)14-9-6-10-15(11-14)18-17(20)22-12-13-7-4-3-5-8-13/h3-5,7-9,15H,2,6,10-12H2,1H3,(H,18,20). The van der Waals surface area contributed by atoms with Crippen LogP contribution in [-0.2, 0) is 20.9 Å². The van der Waals surface area contributed by atoms with Crippen LogP contribution >= 0.6 is 0 Å². The molecule has 1 aromatic rings. The molecule has 0 fully saturated rings. The van der Waals surface area contributed by atoms with Gasteiger partial charge in [-0.15, -0.1) is 0 Å². The summed E-state index contributed by atoms with van der Waals surface area (Å²) in [6.07, 6.45) is 3.45. The Labute approximate surface area is 130 Å². The number of benzene rings is 1. The zero-order valence-corrected chi connectivity index (χ0v) is 12.7. The van der Waals surface area contributed by atoms with Crippen molar-refractivity contribution in [3.63, 3.8) is 0 Å². The van der Waals surface area contributed by atoms with Crippen molar-refractivity contribution in [1.29, 1.82) is 0 Å². The average Bonchev–Trinajstić information content (AvgIpc) is 2.54. The van der Waals surface area contributed by atoms with E-state index in [1.165, 1.54) is 0 Å². The van der Waals surface area contributed by atoms with Gasteiger partial charge in [-0.1, -0.05) is 36.4 Å². The Morgan fingerprint density at radius 3 is 2.73 bits per heavy atom. The summed E-state index contributed by atoms with van der Waals surface area (Å²) in [5.41, 5.74) is 1.56. The van der Waals surface area contributed by atoms with Crippen LogP contribution in [0.5, 0.6) is 0 Å². The second kappa shape index (κ2) is 8.22. The second-order valence-corrected chi connectivity index (χ2v) is 5.13. The van der Waals surface area contributed by atoms with Crippen LogP contribution in [0.3, 0.4) is 0 Å². The summed E-state index contributed by atoms with van der Waals surface area (Å²) in [4.78, 5) is 23.5. The van der Waals surface area contributed by atoms with Crippen molar-refractivity contribution in [2.75, 3.05) is 6.61 Å². The molecule has 5 heteroatoms. The minimum atomic E-state index is -0.459. The summed E-state index contributed by atoms with van der Waals surface area (Å²) < 4.78 is 10.2. The third-order valence-electron chi connectivity index (χ3n) is 3.44. The van der Waals surface area contributed by atoms with E-state index in [-0.39, 0.29) is 18.6 Å². The number of carbonyl (C=O) groups is 2. The number of hydrogen-bond acceptors (Lipinski definition) is 4. The van der Waals surface area contributed by atoms with Crippen LogP contribution in [0.1, 0.15) is 31.7 Å². The molecule has 0 spiro atoms. The van der Waals surface area contributed by atoms with E-state index in [0.717, 1.165) is 18.4 Å². The molecule has 118 valence electrons. The van der Waals surface area contributed by atoms with Gasteiger partial charge in [0.15, 0.2) is 0 Å². The Morgan fingerprint density at radius 2 is 2.00 bits per heavy atom. The highest BCUT2D eigenvalue weighted by Crippen LogP contribution is 2.19. The lowest BCUT2D eigenvalue weighted by molar-refractivity contribution is -0.138. The van der Waals surface area contributed by atoms with E-state index < -0.39 is 6.09 Å². The van der Waals surface area contributed by atoms with Gasteiger partial charge in [-0.2, -0.15) is 0 Å². The first kappa shape index (κ1) is 16.1. The molecular formula is C17H21NO4. The maximum atomic E-state index is 11.8. The number of alkyl carbamates (subject to hydrolysis) is 1. The number of carbonyl (C=O) groups excluding carboxylic acids is 2. The highest BCUT2D eigenvalue weighted by molar-refractivity contribution is 5.88. The van der Waals surface area contributed by atoms with E-state index in [0.29, 0.717) is 18.6 Å². The molecule has 1 aliphatic rings. The highest BCUT2D eigenvalue weighted by atomic mass is 16.5. The molecule has 5 nitrogen and oxygen atoms in total. The lowest BCUT2D eigenvalue weighted by Crippen LogP contribution is -2.37. The van der Waals surface area contributed by atoms with Gasteiger partial charge >= 0.3 is 12.1 Å². The summed E-state index contributed by atoms with van der Waals surface area (Å²) >= 11 is 0. The van der Waals surface area contributed by atoms with Crippen LogP contribution in [0.4, 0.5) is 4.79 Å². The molecule has 22 heavy (non-hydrogen) atoms. The van der Waals surface area contributed by atoms with Crippen LogP contribution in [0, 0.1) is 0 Å². The molecular weight excluding hydrogens is 282 g/mol. The van der Waals surface area contributed by atoms with Gasteiger partial charge in [-0.3, -0.25) is 0 Å². The molecule has 1 atom stereocenters. The van der Waals surface area contributed by atoms with Gasteiger partial charge in [0.1, 0.15) is 6.61 Å². The largest absolute Gasteiger partial charge is 0.463 e. The van der Waals surface area contributed by atoms with E-state index in [1.54, 1.807) is 6.92 Å². The van der Waals surface area contributed by atoms with Gasteiger partial charge in [0, 0.05) is 11.6 Å². The summed E-state index contributed by atoms with van der Waals surface area (Å²) in [5.74, 6) is -0.299. The Kier molecular flexibility index (Phi) is 6.01. The third-order valence-corrected chi connectivity index (χ3v) is 3.44. The second-order valence-electron chi connectivity index (χ2n) is 5.13. The first-order chi connectivity index (χ1) is 10.7. The van der Waals surface area contributed by atoms with Gasteiger partial charge in [-0.25, -0.2) is 9.59 Å². The molecule has 1 unspecified atom stereocenters. The molecule has 1 N–H and O–H groups in total. The van der Waals surface area contributed by atoms with Crippen molar-refractivity contribution in [2.24, 2.45) is 0 Å². The smallest absolute Gasteiger partial charge is 0.407 e. The maximum absolute atomic E-state index is 11.8. The molecule has 0 aromatic heterocycles. The number of esters is 1. The number of nitrogens with one attached hydrogen (secondary N) is 1. The van der Waals surface area contributed by atoms with Crippen molar-refractivity contribution in [1.82, 2.24) is 5.32 Å². The zero-order valence-electron chi connectivity index (χ0n) is 12.7. The molecule has 0 saturated heterocycles. The minimum absolute atomic E-state index is 0.0901. The van der Waals surface area contributed by atoms with Crippen molar-refractivity contribution in [3.05, 3.63) is 47.5 Å². The van der Waals surface area contributed by atoms with Gasteiger partial charge in [0.25, 0.3) is 0 Å². The fourth-order valence-electron chi connectivity index (χ4n) is 2.35. The van der Waals surface area contributed by atoms with Crippen LogP contribution in [0.15, 0.2) is 42.0 Å². The Morgan fingerprint density at radius 1 is 1.23 bits per heavy atom. The first-order valence-corrected chi connectivity index (χ1v) is 7.52. The summed E-state index contributed by atoms with van der Waals surface area (Å²) in [6.45, 7) is 2.37. The molecule has 0 radical (unpaired) electrons. The Hall–Kier alpha value is -2.30. The number of ether oxygens (including phenoxy) is 2. The predicted molar refractivity (Wildman–Crippen MR) is 82.1 cm³/mol. The lowest BCUT2D eigenvalue weighted by atomic mass is 9.95. The summed E-state index contributed by atoms with van der Waals surface area (Å²) in [7, 11) is 0. The van der Waals surface area contributed by atoms with Crippen LogP contribution < -0.4 is 5.32 Å². The first-order valence-electron chi connectivity index (χ1n) is 7.52. The molecule has 1 aromatic carbocycles. The van der Waals surface area contributed by atoms with Crippen molar-refractivity contribution < 1.29 is 19.1 Å². The molecule has 1 amide bonds. The van der Waals surface area contributed by atoms with E-state index in [9.17, 15) is 9.59 Å². The zero-order chi connectivity index (χ0) is 15.8. The molecule has 0 saturated carbocycles. The van der Waals surface area contributed by atoms with Crippen molar-refractivity contribution in [2.45, 2.75) is 38.8 Å². The lowest BCUT2D eigenvalue weighted by Gasteiger charge is -2.22. The van der Waals surface area contributed by atoms with Gasteiger partial charge in [0.05, 0.1) is 6.61 Å². The Balaban J connectivity index is 1.77. The van der Waals surface area contributed by atoms with E-state index in [2.05, 4.69) is 5.32 Å². The fourth-order valence-corrected chi connectivity index (χ4v) is 2.35. The maximum Gasteiger partial charge on any atom is 0.407 e. The molecule has 0 bridgehead atoms. The van der Waals surface area contributed by atoms with Gasteiger partial charge in [-0.05, 0) is 31.7 Å². The molecule has 0 aliphatic heterocycles.